The predicted molar refractivity (Wildman–Crippen MR) is 44.0 cm³/mol. The van der Waals surface area contributed by atoms with Crippen LogP contribution in [-0.4, -0.2) is 18.5 Å². The summed E-state index contributed by atoms with van der Waals surface area (Å²) < 4.78 is 0. The zero-order chi connectivity index (χ0) is 8.27. The zero-order valence-electron chi connectivity index (χ0n) is 6.92. The highest BCUT2D eigenvalue weighted by Gasteiger charge is 2.26. The molecule has 0 aromatic heterocycles. The Morgan fingerprint density at radius 3 is 2.91 bits per heavy atom. The van der Waals surface area contributed by atoms with Crippen molar-refractivity contribution in [1.29, 1.82) is 0 Å². The highest BCUT2D eigenvalue weighted by molar-refractivity contribution is 5.46. The summed E-state index contributed by atoms with van der Waals surface area (Å²) in [7, 11) is 0. The van der Waals surface area contributed by atoms with Crippen molar-refractivity contribution >= 4 is 6.41 Å². The summed E-state index contributed by atoms with van der Waals surface area (Å²) in [6, 6.07) is 0.567. The average Bonchev–Trinajstić information content (AvgIpc) is 1.99. The van der Waals surface area contributed by atoms with Crippen LogP contribution in [0, 0.1) is 5.92 Å². The van der Waals surface area contributed by atoms with Crippen molar-refractivity contribution in [3.8, 4) is 0 Å². The smallest absolute Gasteiger partial charge is 0.207 e. The number of carbonyl (C=O) groups is 1. The highest BCUT2D eigenvalue weighted by Crippen LogP contribution is 2.22. The molecule has 3 N–H and O–H groups in total. The number of amides is 1. The first-order chi connectivity index (χ1) is 5.25. The molecule has 3 heteroatoms. The molecule has 0 heterocycles. The molecule has 64 valence electrons. The van der Waals surface area contributed by atoms with E-state index in [4.69, 9.17) is 5.73 Å². The van der Waals surface area contributed by atoms with Crippen LogP contribution in [0.5, 0.6) is 0 Å². The summed E-state index contributed by atoms with van der Waals surface area (Å²) in [4.78, 5) is 10.2. The van der Waals surface area contributed by atoms with Gasteiger partial charge in [-0.25, -0.2) is 0 Å². The summed E-state index contributed by atoms with van der Waals surface area (Å²) >= 11 is 0. The SMILES string of the molecule is CC1C(N)CCCC1NC=O. The minimum absolute atomic E-state index is 0.265. The van der Waals surface area contributed by atoms with Crippen molar-refractivity contribution in [3.63, 3.8) is 0 Å². The lowest BCUT2D eigenvalue weighted by Gasteiger charge is -2.33. The molecule has 1 rings (SSSR count). The van der Waals surface area contributed by atoms with Gasteiger partial charge in [-0.05, 0) is 25.2 Å². The molecule has 1 saturated carbocycles. The number of nitrogens with one attached hydrogen (secondary N) is 1. The van der Waals surface area contributed by atoms with Gasteiger partial charge in [0.15, 0.2) is 0 Å². The van der Waals surface area contributed by atoms with Gasteiger partial charge in [-0.1, -0.05) is 6.92 Å². The highest BCUT2D eigenvalue weighted by atomic mass is 16.1. The van der Waals surface area contributed by atoms with Crippen molar-refractivity contribution in [1.82, 2.24) is 5.32 Å². The maximum atomic E-state index is 10.2. The van der Waals surface area contributed by atoms with Gasteiger partial charge >= 0.3 is 0 Å². The van der Waals surface area contributed by atoms with Crippen LogP contribution in [0.15, 0.2) is 0 Å². The second-order valence-corrected chi connectivity index (χ2v) is 3.34. The van der Waals surface area contributed by atoms with Gasteiger partial charge in [-0.2, -0.15) is 0 Å². The Balaban J connectivity index is 2.43. The molecule has 11 heavy (non-hydrogen) atoms. The Bertz CT molecular complexity index is 138. The minimum Gasteiger partial charge on any atom is -0.356 e. The van der Waals surface area contributed by atoms with E-state index in [-0.39, 0.29) is 6.04 Å². The van der Waals surface area contributed by atoms with Gasteiger partial charge in [-0.15, -0.1) is 0 Å². The first kappa shape index (κ1) is 8.53. The summed E-state index contributed by atoms with van der Waals surface area (Å²) in [5.74, 6) is 0.425. The van der Waals surface area contributed by atoms with Gasteiger partial charge in [0.25, 0.3) is 0 Å². The molecule has 3 unspecified atom stereocenters. The fourth-order valence-electron chi connectivity index (χ4n) is 1.72. The molecule has 1 amide bonds. The summed E-state index contributed by atoms with van der Waals surface area (Å²) in [5.41, 5.74) is 5.84. The molecule has 1 fully saturated rings. The van der Waals surface area contributed by atoms with Gasteiger partial charge in [0.05, 0.1) is 0 Å². The van der Waals surface area contributed by atoms with Crippen LogP contribution in [-0.2, 0) is 4.79 Å². The molecule has 1 aliphatic rings. The van der Waals surface area contributed by atoms with Crippen molar-refractivity contribution in [3.05, 3.63) is 0 Å². The van der Waals surface area contributed by atoms with E-state index in [0.717, 1.165) is 25.7 Å². The summed E-state index contributed by atoms with van der Waals surface area (Å²) in [6.45, 7) is 2.10. The minimum atomic E-state index is 0.265. The Morgan fingerprint density at radius 1 is 1.55 bits per heavy atom. The number of hydrogen-bond donors (Lipinski definition) is 2. The zero-order valence-corrected chi connectivity index (χ0v) is 6.92. The van der Waals surface area contributed by atoms with Gasteiger partial charge in [-0.3, -0.25) is 4.79 Å². The van der Waals surface area contributed by atoms with Crippen LogP contribution in [0.4, 0.5) is 0 Å². The van der Waals surface area contributed by atoms with Crippen molar-refractivity contribution in [2.75, 3.05) is 0 Å². The lowest BCUT2D eigenvalue weighted by Crippen LogP contribution is -2.46. The third kappa shape index (κ3) is 1.93. The van der Waals surface area contributed by atoms with Crippen LogP contribution in [0.1, 0.15) is 26.2 Å². The fraction of sp³-hybridized carbons (Fsp3) is 0.875. The molecular formula is C8H16N2O. The molecule has 0 aromatic rings. The van der Waals surface area contributed by atoms with E-state index in [1.807, 2.05) is 0 Å². The van der Waals surface area contributed by atoms with Crippen LogP contribution in [0.3, 0.4) is 0 Å². The number of nitrogens with two attached hydrogens (primary N) is 1. The maximum absolute atomic E-state index is 10.2. The topological polar surface area (TPSA) is 55.1 Å². The second-order valence-electron chi connectivity index (χ2n) is 3.34. The van der Waals surface area contributed by atoms with Crippen molar-refractivity contribution in [2.24, 2.45) is 11.7 Å². The van der Waals surface area contributed by atoms with Gasteiger partial charge < -0.3 is 11.1 Å². The molecule has 0 radical (unpaired) electrons. The summed E-state index contributed by atoms with van der Waals surface area (Å²) in [6.07, 6.45) is 4.09. The standard InChI is InChI=1S/C8H16N2O/c1-6-7(9)3-2-4-8(6)10-5-11/h5-8H,2-4,9H2,1H3,(H,10,11). The molecule has 3 atom stereocenters. The van der Waals surface area contributed by atoms with E-state index >= 15 is 0 Å². The van der Waals surface area contributed by atoms with Crippen LogP contribution in [0.25, 0.3) is 0 Å². The third-order valence-corrected chi connectivity index (χ3v) is 2.64. The summed E-state index contributed by atoms with van der Waals surface area (Å²) in [5, 5.41) is 2.80. The normalized spacial score (nSPS) is 38.2. The van der Waals surface area contributed by atoms with Crippen molar-refractivity contribution in [2.45, 2.75) is 38.3 Å². The molecule has 3 nitrogen and oxygen atoms in total. The average molecular weight is 156 g/mol. The van der Waals surface area contributed by atoms with Crippen molar-refractivity contribution < 1.29 is 4.79 Å². The number of hydrogen-bond acceptors (Lipinski definition) is 2. The Hall–Kier alpha value is -0.570. The van der Waals surface area contributed by atoms with E-state index in [1.165, 1.54) is 0 Å². The van der Waals surface area contributed by atoms with E-state index in [0.29, 0.717) is 12.0 Å². The molecule has 0 bridgehead atoms. The number of carbonyl (C=O) groups excluding carboxylic acids is 1. The molecule has 0 aromatic carbocycles. The van der Waals surface area contributed by atoms with Crippen LogP contribution >= 0.6 is 0 Å². The lowest BCUT2D eigenvalue weighted by atomic mass is 9.82. The van der Waals surface area contributed by atoms with Crippen LogP contribution < -0.4 is 11.1 Å². The Kier molecular flexibility index (Phi) is 2.88. The molecule has 1 aliphatic carbocycles. The van der Waals surface area contributed by atoms with Gasteiger partial charge in [0.2, 0.25) is 6.41 Å². The molecular weight excluding hydrogens is 140 g/mol. The fourth-order valence-corrected chi connectivity index (χ4v) is 1.72. The first-order valence-corrected chi connectivity index (χ1v) is 4.21. The third-order valence-electron chi connectivity index (χ3n) is 2.64. The number of rotatable bonds is 2. The monoisotopic (exact) mass is 156 g/mol. The van der Waals surface area contributed by atoms with Gasteiger partial charge in [0, 0.05) is 12.1 Å². The second kappa shape index (κ2) is 3.72. The van der Waals surface area contributed by atoms with Gasteiger partial charge in [0.1, 0.15) is 0 Å². The van der Waals surface area contributed by atoms with E-state index in [2.05, 4.69) is 12.2 Å². The maximum Gasteiger partial charge on any atom is 0.207 e. The Morgan fingerprint density at radius 2 is 2.27 bits per heavy atom. The molecule has 0 saturated heterocycles. The largest absolute Gasteiger partial charge is 0.356 e. The quantitative estimate of drug-likeness (QED) is 0.563. The molecule has 0 spiro atoms. The lowest BCUT2D eigenvalue weighted by molar-refractivity contribution is -0.110. The Labute approximate surface area is 67.3 Å². The van der Waals surface area contributed by atoms with Crippen LogP contribution in [0.2, 0.25) is 0 Å². The first-order valence-electron chi connectivity index (χ1n) is 4.21. The van der Waals surface area contributed by atoms with E-state index in [1.54, 1.807) is 0 Å². The van der Waals surface area contributed by atoms with E-state index < -0.39 is 0 Å². The predicted octanol–water partition coefficient (Wildman–Crippen LogP) is 0.248. The molecule has 0 aliphatic heterocycles. The van der Waals surface area contributed by atoms with E-state index in [9.17, 15) is 4.79 Å².